The predicted molar refractivity (Wildman–Crippen MR) is 139 cm³/mol. The molecule has 0 radical (unpaired) electrons. The number of carbonyl (C=O) groups excluding carboxylic acids is 4. The van der Waals surface area contributed by atoms with Crippen LogP contribution in [0.4, 0.5) is 0 Å². The smallest absolute Gasteiger partial charge is 0.379 e. The van der Waals surface area contributed by atoms with Crippen molar-refractivity contribution in [1.29, 1.82) is 0 Å². The molecular weight excluding hydrogens is 480 g/mol. The summed E-state index contributed by atoms with van der Waals surface area (Å²) < 4.78 is 15.9. The van der Waals surface area contributed by atoms with E-state index in [0.717, 1.165) is 23.2 Å². The van der Waals surface area contributed by atoms with Gasteiger partial charge in [-0.05, 0) is 62.2 Å². The molecule has 2 aromatic rings. The summed E-state index contributed by atoms with van der Waals surface area (Å²) in [6.07, 6.45) is 1.25. The zero-order valence-corrected chi connectivity index (χ0v) is 23.3. The van der Waals surface area contributed by atoms with E-state index in [-0.39, 0.29) is 0 Å². The molecule has 2 rings (SSSR count). The van der Waals surface area contributed by atoms with Gasteiger partial charge in [0.05, 0.1) is 14.2 Å². The minimum Gasteiger partial charge on any atom is -0.463 e. The number of hydrogen-bond acceptors (Lipinski definition) is 7. The van der Waals surface area contributed by atoms with Crippen molar-refractivity contribution in [3.63, 3.8) is 0 Å². The van der Waals surface area contributed by atoms with Crippen LogP contribution in [0.3, 0.4) is 0 Å². The van der Waals surface area contributed by atoms with E-state index < -0.39 is 40.1 Å². The Bertz CT molecular complexity index is 1010. The van der Waals surface area contributed by atoms with Crippen molar-refractivity contribution in [2.75, 3.05) is 14.2 Å². The number of methoxy groups -OCH3 is 2. The number of rotatable bonds is 12. The molecule has 2 aromatic carbocycles. The highest BCUT2D eigenvalue weighted by molar-refractivity contribution is 6.84. The minimum absolute atomic E-state index is 0.368. The maximum Gasteiger partial charge on any atom is 0.379 e. The minimum atomic E-state index is -2.12. The first-order valence-corrected chi connectivity index (χ1v) is 17.7. The third kappa shape index (κ3) is 8.08. The number of hydrogen-bond donors (Lipinski definition) is 0. The first-order chi connectivity index (χ1) is 16.4. The van der Waals surface area contributed by atoms with E-state index in [1.165, 1.54) is 14.2 Å². The molecule has 0 saturated carbocycles. The van der Waals surface area contributed by atoms with Crippen LogP contribution in [0.5, 0.6) is 0 Å². The summed E-state index contributed by atoms with van der Waals surface area (Å²) in [5, 5.41) is 0. The molecule has 9 heteroatoms. The SMILES string of the molecule is COC(=O)C(=O)c1ccccc1CC[Si](C)(C)O[Si](C)(C)CCc1ccccc1C(=O)C(=O)OC. The zero-order chi connectivity index (χ0) is 26.2. The Morgan fingerprint density at radius 3 is 1.31 bits per heavy atom. The van der Waals surface area contributed by atoms with Crippen LogP contribution in [0.1, 0.15) is 31.8 Å². The summed E-state index contributed by atoms with van der Waals surface area (Å²) in [7, 11) is -1.84. The van der Waals surface area contributed by atoms with Crippen LogP contribution >= 0.6 is 0 Å². The number of ether oxygens (including phenoxy) is 2. The standard InChI is InChI=1S/C26H34O7Si2/c1-31-25(29)23(27)21-13-9-7-11-19(21)15-17-34(3,4)33-35(5,6)18-16-20-12-8-10-14-22(20)24(28)26(30)32-2/h7-14H,15-18H2,1-6H3. The molecule has 0 aliphatic heterocycles. The van der Waals surface area contributed by atoms with E-state index in [9.17, 15) is 19.2 Å². The molecule has 0 saturated heterocycles. The maximum atomic E-state index is 12.4. The fraction of sp³-hybridized carbons (Fsp3) is 0.385. The average molecular weight is 515 g/mol. The lowest BCUT2D eigenvalue weighted by molar-refractivity contribution is -0.135. The second-order valence-corrected chi connectivity index (χ2v) is 18.4. The first-order valence-electron chi connectivity index (χ1n) is 11.5. The van der Waals surface area contributed by atoms with E-state index in [1.54, 1.807) is 24.3 Å². The summed E-state index contributed by atoms with van der Waals surface area (Å²) in [5.74, 6) is -3.02. The summed E-state index contributed by atoms with van der Waals surface area (Å²) >= 11 is 0. The molecule has 0 bridgehead atoms. The van der Waals surface area contributed by atoms with Crippen molar-refractivity contribution in [3.8, 4) is 0 Å². The molecule has 0 amide bonds. The topological polar surface area (TPSA) is 96.0 Å². The van der Waals surface area contributed by atoms with Gasteiger partial charge in [0.1, 0.15) is 0 Å². The zero-order valence-electron chi connectivity index (χ0n) is 21.3. The van der Waals surface area contributed by atoms with Crippen LogP contribution in [0.25, 0.3) is 0 Å². The molecule has 0 aliphatic rings. The number of ketones is 2. The Hall–Kier alpha value is -2.89. The molecule has 0 fully saturated rings. The van der Waals surface area contributed by atoms with Gasteiger partial charge in [-0.2, -0.15) is 0 Å². The van der Waals surface area contributed by atoms with Crippen molar-refractivity contribution in [3.05, 3.63) is 70.8 Å². The summed E-state index contributed by atoms with van der Waals surface area (Å²) in [6, 6.07) is 15.8. The van der Waals surface area contributed by atoms with Gasteiger partial charge in [-0.15, -0.1) is 0 Å². The highest BCUT2D eigenvalue weighted by Gasteiger charge is 2.33. The largest absolute Gasteiger partial charge is 0.463 e. The van der Waals surface area contributed by atoms with Crippen LogP contribution in [0.2, 0.25) is 38.3 Å². The second-order valence-electron chi connectivity index (χ2n) is 9.58. The number of benzene rings is 2. The van der Waals surface area contributed by atoms with E-state index >= 15 is 0 Å². The fourth-order valence-corrected chi connectivity index (χ4v) is 12.6. The molecular formula is C26H34O7Si2. The molecule has 7 nitrogen and oxygen atoms in total. The lowest BCUT2D eigenvalue weighted by Gasteiger charge is -2.34. The van der Waals surface area contributed by atoms with Gasteiger partial charge < -0.3 is 13.6 Å². The highest BCUT2D eigenvalue weighted by Crippen LogP contribution is 2.26. The van der Waals surface area contributed by atoms with Crippen LogP contribution in [0.15, 0.2) is 48.5 Å². The summed E-state index contributed by atoms with van der Waals surface area (Å²) in [6.45, 7) is 8.62. The van der Waals surface area contributed by atoms with Gasteiger partial charge in [0.2, 0.25) is 0 Å². The number of Topliss-reactive ketones (excluding diaryl/α,β-unsaturated/α-hetero) is 2. The van der Waals surface area contributed by atoms with E-state index in [1.807, 2.05) is 24.3 Å². The molecule has 0 spiro atoms. The molecule has 0 unspecified atom stereocenters. The van der Waals surface area contributed by atoms with Gasteiger partial charge in [0.15, 0.2) is 16.6 Å². The quantitative estimate of drug-likeness (QED) is 0.177. The highest BCUT2D eigenvalue weighted by atomic mass is 28.4. The number of aryl methyl sites for hydroxylation is 2. The average Bonchev–Trinajstić information content (AvgIpc) is 2.84. The monoisotopic (exact) mass is 514 g/mol. The van der Waals surface area contributed by atoms with Crippen LogP contribution < -0.4 is 0 Å². The molecule has 188 valence electrons. The predicted octanol–water partition coefficient (Wildman–Crippen LogP) is 4.61. The van der Waals surface area contributed by atoms with Crippen molar-refractivity contribution < 1.29 is 32.8 Å². The maximum absolute atomic E-state index is 12.4. The number of carbonyl (C=O) groups is 4. The molecule has 0 heterocycles. The van der Waals surface area contributed by atoms with Gasteiger partial charge >= 0.3 is 11.9 Å². The Morgan fingerprint density at radius 2 is 0.971 bits per heavy atom. The molecule has 35 heavy (non-hydrogen) atoms. The van der Waals surface area contributed by atoms with Crippen molar-refractivity contribution >= 4 is 40.1 Å². The van der Waals surface area contributed by atoms with Gasteiger partial charge in [-0.25, -0.2) is 9.59 Å². The Balaban J connectivity index is 2.06. The Morgan fingerprint density at radius 1 is 0.629 bits per heavy atom. The Labute approximate surface area is 209 Å². The fourth-order valence-electron chi connectivity index (χ4n) is 4.05. The normalized spacial score (nSPS) is 11.6. The van der Waals surface area contributed by atoms with Crippen LogP contribution in [-0.4, -0.2) is 54.4 Å². The lowest BCUT2D eigenvalue weighted by atomic mass is 10.0. The van der Waals surface area contributed by atoms with Crippen molar-refractivity contribution in [2.24, 2.45) is 0 Å². The number of esters is 2. The van der Waals surface area contributed by atoms with Crippen molar-refractivity contribution in [2.45, 2.75) is 51.1 Å². The molecule has 0 aromatic heterocycles. The summed E-state index contributed by atoms with van der Waals surface area (Å²) in [5.41, 5.74) is 2.35. The molecule has 0 atom stereocenters. The Kier molecular flexibility index (Phi) is 9.87. The first kappa shape index (κ1) is 28.4. The van der Waals surface area contributed by atoms with Crippen LogP contribution in [0, 0.1) is 0 Å². The third-order valence-electron chi connectivity index (χ3n) is 5.81. The van der Waals surface area contributed by atoms with Crippen molar-refractivity contribution in [1.82, 2.24) is 0 Å². The van der Waals surface area contributed by atoms with Gasteiger partial charge in [0, 0.05) is 11.1 Å². The van der Waals surface area contributed by atoms with Gasteiger partial charge in [0.25, 0.3) is 11.6 Å². The van der Waals surface area contributed by atoms with Gasteiger partial charge in [-0.1, -0.05) is 48.5 Å². The van der Waals surface area contributed by atoms with Crippen LogP contribution in [-0.2, 0) is 36.0 Å². The molecule has 0 aliphatic carbocycles. The molecule has 0 N–H and O–H groups in total. The lowest BCUT2D eigenvalue weighted by Crippen LogP contribution is -2.44. The second kappa shape index (κ2) is 12.2. The van der Waals surface area contributed by atoms with E-state index in [0.29, 0.717) is 24.0 Å². The van der Waals surface area contributed by atoms with E-state index in [2.05, 4.69) is 35.7 Å². The summed E-state index contributed by atoms with van der Waals surface area (Å²) in [4.78, 5) is 48.2. The van der Waals surface area contributed by atoms with Gasteiger partial charge in [-0.3, -0.25) is 9.59 Å². The van der Waals surface area contributed by atoms with E-state index in [4.69, 9.17) is 4.12 Å². The third-order valence-corrected chi connectivity index (χ3v) is 13.1.